The summed E-state index contributed by atoms with van der Waals surface area (Å²) >= 11 is 0. The number of esters is 1. The Bertz CT molecular complexity index is 125. The monoisotopic (exact) mass is 159 g/mol. The number of hydrogen-bond donors (Lipinski definition) is 1. The molecule has 0 aromatic rings. The Morgan fingerprint density at radius 2 is 2.36 bits per heavy atom. The van der Waals surface area contributed by atoms with Crippen LogP contribution in [0.3, 0.4) is 0 Å². The van der Waals surface area contributed by atoms with Gasteiger partial charge >= 0.3 is 5.97 Å². The van der Waals surface area contributed by atoms with Gasteiger partial charge in [0.2, 0.25) is 0 Å². The van der Waals surface area contributed by atoms with Gasteiger partial charge in [0.25, 0.3) is 0 Å². The quantitative estimate of drug-likeness (QED) is 0.254. The normalized spacial score (nSPS) is 9.18. The van der Waals surface area contributed by atoms with Gasteiger partial charge in [-0.2, -0.15) is 0 Å². The standard InChI is InChI=1S/C7H13NO3/c1-3-7(9)11-5-4-10-6-8-2/h3,8H,1,4-6H2,2H3. The Morgan fingerprint density at radius 3 is 2.91 bits per heavy atom. The molecule has 11 heavy (non-hydrogen) atoms. The molecule has 0 aliphatic rings. The van der Waals surface area contributed by atoms with Crippen LogP contribution in [0.5, 0.6) is 0 Å². The molecule has 0 radical (unpaired) electrons. The predicted molar refractivity (Wildman–Crippen MR) is 41.0 cm³/mol. The molecule has 0 aromatic carbocycles. The highest BCUT2D eigenvalue weighted by Crippen LogP contribution is 1.79. The number of nitrogens with one attached hydrogen (secondary N) is 1. The first-order valence-electron chi connectivity index (χ1n) is 3.32. The first-order chi connectivity index (χ1) is 5.31. The molecular formula is C7H13NO3. The van der Waals surface area contributed by atoms with Gasteiger partial charge in [0.15, 0.2) is 0 Å². The van der Waals surface area contributed by atoms with Crippen LogP contribution in [0.1, 0.15) is 0 Å². The van der Waals surface area contributed by atoms with Crippen LogP contribution in [0.15, 0.2) is 12.7 Å². The van der Waals surface area contributed by atoms with Gasteiger partial charge in [-0.3, -0.25) is 5.32 Å². The Hall–Kier alpha value is -0.870. The van der Waals surface area contributed by atoms with Crippen molar-refractivity contribution in [2.45, 2.75) is 0 Å². The fourth-order valence-corrected chi connectivity index (χ4v) is 0.434. The summed E-state index contributed by atoms with van der Waals surface area (Å²) in [5.74, 6) is -0.418. The summed E-state index contributed by atoms with van der Waals surface area (Å²) < 4.78 is 9.58. The largest absolute Gasteiger partial charge is 0.460 e. The number of hydrogen-bond acceptors (Lipinski definition) is 4. The number of carbonyl (C=O) groups is 1. The highest BCUT2D eigenvalue weighted by atomic mass is 16.6. The van der Waals surface area contributed by atoms with Gasteiger partial charge in [-0.1, -0.05) is 6.58 Å². The van der Waals surface area contributed by atoms with E-state index in [0.717, 1.165) is 6.08 Å². The molecule has 0 aliphatic heterocycles. The van der Waals surface area contributed by atoms with Crippen LogP contribution < -0.4 is 5.32 Å². The maximum absolute atomic E-state index is 10.4. The molecule has 4 heteroatoms. The molecule has 0 saturated heterocycles. The highest BCUT2D eigenvalue weighted by molar-refractivity contribution is 5.81. The van der Waals surface area contributed by atoms with Crippen molar-refractivity contribution in [3.05, 3.63) is 12.7 Å². The first-order valence-corrected chi connectivity index (χ1v) is 3.32. The lowest BCUT2D eigenvalue weighted by molar-refractivity contribution is -0.139. The Kier molecular flexibility index (Phi) is 6.67. The van der Waals surface area contributed by atoms with Crippen molar-refractivity contribution in [2.24, 2.45) is 0 Å². The number of carbonyl (C=O) groups excluding carboxylic acids is 1. The maximum atomic E-state index is 10.4. The zero-order valence-electron chi connectivity index (χ0n) is 6.63. The summed E-state index contributed by atoms with van der Waals surface area (Å²) in [5, 5.41) is 2.79. The van der Waals surface area contributed by atoms with Gasteiger partial charge in [-0.25, -0.2) is 4.79 Å². The second-order valence-electron chi connectivity index (χ2n) is 1.78. The van der Waals surface area contributed by atoms with E-state index in [2.05, 4.69) is 16.6 Å². The van der Waals surface area contributed by atoms with E-state index < -0.39 is 5.97 Å². The van der Waals surface area contributed by atoms with Crippen molar-refractivity contribution in [1.29, 1.82) is 0 Å². The lowest BCUT2D eigenvalue weighted by atomic mass is 10.6. The predicted octanol–water partition coefficient (Wildman–Crippen LogP) is -0.0909. The van der Waals surface area contributed by atoms with Crippen LogP contribution in [0.2, 0.25) is 0 Å². The third-order valence-corrected chi connectivity index (χ3v) is 0.885. The van der Waals surface area contributed by atoms with Crippen LogP contribution >= 0.6 is 0 Å². The molecule has 0 heterocycles. The van der Waals surface area contributed by atoms with E-state index in [1.807, 2.05) is 0 Å². The minimum Gasteiger partial charge on any atom is -0.460 e. The molecule has 0 saturated carbocycles. The minimum atomic E-state index is -0.418. The summed E-state index contributed by atoms with van der Waals surface area (Å²) in [4.78, 5) is 10.4. The fourth-order valence-electron chi connectivity index (χ4n) is 0.434. The summed E-state index contributed by atoms with van der Waals surface area (Å²) in [6, 6.07) is 0. The third-order valence-electron chi connectivity index (χ3n) is 0.885. The van der Waals surface area contributed by atoms with Gasteiger partial charge in [0.05, 0.1) is 13.3 Å². The van der Waals surface area contributed by atoms with Gasteiger partial charge in [-0.15, -0.1) is 0 Å². The van der Waals surface area contributed by atoms with E-state index in [0.29, 0.717) is 13.3 Å². The minimum absolute atomic E-state index is 0.270. The zero-order valence-corrected chi connectivity index (χ0v) is 6.63. The molecular weight excluding hydrogens is 146 g/mol. The molecule has 1 N–H and O–H groups in total. The molecule has 0 rings (SSSR count). The lowest BCUT2D eigenvalue weighted by Gasteiger charge is -2.02. The van der Waals surface area contributed by atoms with E-state index in [-0.39, 0.29) is 6.61 Å². The Labute approximate surface area is 66.2 Å². The van der Waals surface area contributed by atoms with Crippen molar-refractivity contribution in [3.8, 4) is 0 Å². The second-order valence-corrected chi connectivity index (χ2v) is 1.78. The van der Waals surface area contributed by atoms with E-state index in [4.69, 9.17) is 4.74 Å². The molecule has 0 unspecified atom stereocenters. The van der Waals surface area contributed by atoms with Crippen molar-refractivity contribution in [2.75, 3.05) is 27.0 Å². The molecule has 0 atom stereocenters. The van der Waals surface area contributed by atoms with Crippen LogP contribution in [-0.4, -0.2) is 33.0 Å². The number of ether oxygens (including phenoxy) is 2. The summed E-state index contributed by atoms with van der Waals surface area (Å²) in [6.07, 6.45) is 1.12. The summed E-state index contributed by atoms with van der Waals surface area (Å²) in [6.45, 7) is 4.39. The van der Waals surface area contributed by atoms with E-state index >= 15 is 0 Å². The average Bonchev–Trinajstić information content (AvgIpc) is 2.04. The number of rotatable bonds is 6. The molecule has 0 spiro atoms. The maximum Gasteiger partial charge on any atom is 0.330 e. The second kappa shape index (κ2) is 7.24. The molecule has 0 amide bonds. The molecule has 64 valence electrons. The van der Waals surface area contributed by atoms with Crippen molar-refractivity contribution >= 4 is 5.97 Å². The summed E-state index contributed by atoms with van der Waals surface area (Å²) in [7, 11) is 1.77. The molecule has 0 aromatic heterocycles. The topological polar surface area (TPSA) is 47.6 Å². The smallest absolute Gasteiger partial charge is 0.330 e. The highest BCUT2D eigenvalue weighted by Gasteiger charge is 1.93. The van der Waals surface area contributed by atoms with Crippen LogP contribution in [0.25, 0.3) is 0 Å². The van der Waals surface area contributed by atoms with E-state index in [1.54, 1.807) is 7.05 Å². The van der Waals surface area contributed by atoms with Crippen molar-refractivity contribution < 1.29 is 14.3 Å². The fraction of sp³-hybridized carbons (Fsp3) is 0.571. The Balaban J connectivity index is 3.01. The Morgan fingerprint density at radius 1 is 1.64 bits per heavy atom. The van der Waals surface area contributed by atoms with E-state index in [9.17, 15) is 4.79 Å². The SMILES string of the molecule is C=CC(=O)OCCOCNC. The molecule has 0 aliphatic carbocycles. The van der Waals surface area contributed by atoms with Crippen LogP contribution in [0, 0.1) is 0 Å². The van der Waals surface area contributed by atoms with Gasteiger partial charge in [0, 0.05) is 6.08 Å². The van der Waals surface area contributed by atoms with Crippen LogP contribution in [0.4, 0.5) is 0 Å². The van der Waals surface area contributed by atoms with Gasteiger partial charge < -0.3 is 9.47 Å². The van der Waals surface area contributed by atoms with Gasteiger partial charge in [0.1, 0.15) is 6.61 Å². The van der Waals surface area contributed by atoms with Crippen molar-refractivity contribution in [1.82, 2.24) is 5.32 Å². The molecule has 0 fully saturated rings. The first kappa shape index (κ1) is 10.1. The molecule has 4 nitrogen and oxygen atoms in total. The van der Waals surface area contributed by atoms with Crippen LogP contribution in [-0.2, 0) is 14.3 Å². The molecule has 0 bridgehead atoms. The zero-order chi connectivity index (χ0) is 8.53. The lowest BCUT2D eigenvalue weighted by Crippen LogP contribution is -2.15. The van der Waals surface area contributed by atoms with Crippen molar-refractivity contribution in [3.63, 3.8) is 0 Å². The summed E-state index contributed by atoms with van der Waals surface area (Å²) in [5.41, 5.74) is 0. The van der Waals surface area contributed by atoms with Gasteiger partial charge in [-0.05, 0) is 7.05 Å². The van der Waals surface area contributed by atoms with E-state index in [1.165, 1.54) is 0 Å². The average molecular weight is 159 g/mol. The third kappa shape index (κ3) is 7.02.